The van der Waals surface area contributed by atoms with Crippen molar-refractivity contribution < 1.29 is 23.4 Å². The predicted molar refractivity (Wildman–Crippen MR) is 115 cm³/mol. The fourth-order valence-corrected chi connectivity index (χ4v) is 4.16. The van der Waals surface area contributed by atoms with Gasteiger partial charge in [0, 0.05) is 27.5 Å². The Balaban J connectivity index is 1.80. The molecule has 1 aliphatic carbocycles. The molecule has 1 N–H and O–H groups in total. The summed E-state index contributed by atoms with van der Waals surface area (Å²) in [6.07, 6.45) is 6.90. The molecule has 0 spiro atoms. The highest BCUT2D eigenvalue weighted by Crippen LogP contribution is 2.22. The molecule has 160 valence electrons. The molecule has 1 aromatic heterocycles. The molecular formula is C20H23N3O5S2. The van der Waals surface area contributed by atoms with Crippen LogP contribution in [0.25, 0.3) is 0 Å². The largest absolute Gasteiger partial charge is 0.462 e. The second-order valence-corrected chi connectivity index (χ2v) is 9.04. The van der Waals surface area contributed by atoms with Crippen molar-refractivity contribution in [2.75, 3.05) is 18.2 Å². The molecule has 1 saturated carbocycles. The van der Waals surface area contributed by atoms with Crippen LogP contribution in [-0.4, -0.2) is 45.7 Å². The van der Waals surface area contributed by atoms with E-state index in [0.29, 0.717) is 15.3 Å². The molecule has 8 nitrogen and oxygen atoms in total. The molecule has 1 heterocycles. The van der Waals surface area contributed by atoms with Crippen LogP contribution in [0.2, 0.25) is 0 Å². The van der Waals surface area contributed by atoms with Gasteiger partial charge in [-0.1, -0.05) is 28.6 Å². The number of carbonyl (C=O) groups excluding carboxylic acids is 2. The van der Waals surface area contributed by atoms with Crippen LogP contribution in [0, 0.1) is 0 Å². The number of amides is 1. The van der Waals surface area contributed by atoms with Crippen LogP contribution in [0.3, 0.4) is 0 Å². The van der Waals surface area contributed by atoms with Crippen molar-refractivity contribution in [3.8, 4) is 0 Å². The highest BCUT2D eigenvalue weighted by molar-refractivity contribution is 7.84. The molecule has 2 aromatic rings. The lowest BCUT2D eigenvalue weighted by atomic mass is 10.1. The molecule has 3 rings (SSSR count). The number of nitrogens with one attached hydrogen (secondary N) is 1. The van der Waals surface area contributed by atoms with E-state index in [0.717, 1.165) is 37.0 Å². The van der Waals surface area contributed by atoms with Crippen LogP contribution in [0.1, 0.15) is 47.8 Å². The number of thiazole rings is 1. The van der Waals surface area contributed by atoms with Crippen molar-refractivity contribution in [1.82, 2.24) is 4.98 Å². The second kappa shape index (κ2) is 10.4. The summed E-state index contributed by atoms with van der Waals surface area (Å²) in [5.74, 6) is -1.000. The first kappa shape index (κ1) is 22.1. The number of oxime groups is 1. The fraction of sp³-hybridized carbons (Fsp3) is 0.400. The molecule has 1 fully saturated rings. The molecule has 1 unspecified atom stereocenters. The summed E-state index contributed by atoms with van der Waals surface area (Å²) in [5, 5.41) is 7.05. The Morgan fingerprint density at radius 3 is 2.60 bits per heavy atom. The molecule has 1 amide bonds. The minimum absolute atomic E-state index is 0.00880. The number of anilines is 1. The van der Waals surface area contributed by atoms with Gasteiger partial charge in [-0.05, 0) is 44.7 Å². The molecule has 1 aromatic carbocycles. The number of rotatable bonds is 8. The van der Waals surface area contributed by atoms with E-state index >= 15 is 0 Å². The quantitative estimate of drug-likeness (QED) is 0.376. The lowest BCUT2D eigenvalue weighted by molar-refractivity contribution is -0.110. The fourth-order valence-electron chi connectivity index (χ4n) is 2.94. The summed E-state index contributed by atoms with van der Waals surface area (Å²) in [5.41, 5.74) is 0.616. The molecule has 1 atom stereocenters. The van der Waals surface area contributed by atoms with Gasteiger partial charge in [0.25, 0.3) is 5.91 Å². The first-order valence-corrected chi connectivity index (χ1v) is 12.0. The predicted octanol–water partition coefficient (Wildman–Crippen LogP) is 3.36. The third-order valence-electron chi connectivity index (χ3n) is 4.47. The monoisotopic (exact) mass is 449 g/mol. The molecule has 0 bridgehead atoms. The van der Waals surface area contributed by atoms with E-state index in [1.54, 1.807) is 37.4 Å². The van der Waals surface area contributed by atoms with E-state index in [1.807, 2.05) is 0 Å². The molecule has 10 heteroatoms. The van der Waals surface area contributed by atoms with Crippen LogP contribution >= 0.6 is 11.3 Å². The maximum atomic E-state index is 12.9. The molecule has 0 radical (unpaired) electrons. The summed E-state index contributed by atoms with van der Waals surface area (Å²) in [6, 6.07) is 6.73. The van der Waals surface area contributed by atoms with E-state index in [9.17, 15) is 13.8 Å². The standard InChI is InChI=1S/C20H23N3O5S2/c1-3-27-19(25)16-12-21-20(29-16)22-18(24)17(23-28-14-6-4-5-7-14)13-8-10-15(11-9-13)30(2)26/h8-12,14H,3-7H2,1-2H3,(H,21,22,24)/b23-17+. The van der Waals surface area contributed by atoms with Crippen molar-refractivity contribution in [2.45, 2.75) is 43.6 Å². The topological polar surface area (TPSA) is 107 Å². The summed E-state index contributed by atoms with van der Waals surface area (Å²) >= 11 is 1.02. The van der Waals surface area contributed by atoms with E-state index in [-0.39, 0.29) is 23.6 Å². The summed E-state index contributed by atoms with van der Waals surface area (Å²) < 4.78 is 16.6. The maximum Gasteiger partial charge on any atom is 0.350 e. The van der Waals surface area contributed by atoms with Crippen molar-refractivity contribution in [3.05, 3.63) is 40.9 Å². The van der Waals surface area contributed by atoms with Crippen molar-refractivity contribution in [1.29, 1.82) is 0 Å². The van der Waals surface area contributed by atoms with Gasteiger partial charge in [0.15, 0.2) is 10.8 Å². The highest BCUT2D eigenvalue weighted by Gasteiger charge is 2.21. The number of hydrogen-bond donors (Lipinski definition) is 1. The van der Waals surface area contributed by atoms with Gasteiger partial charge in [-0.15, -0.1) is 0 Å². The number of benzene rings is 1. The zero-order valence-electron chi connectivity index (χ0n) is 16.8. The third-order valence-corrected chi connectivity index (χ3v) is 6.30. The second-order valence-electron chi connectivity index (χ2n) is 6.63. The van der Waals surface area contributed by atoms with Gasteiger partial charge in [-0.2, -0.15) is 0 Å². The average molecular weight is 450 g/mol. The van der Waals surface area contributed by atoms with E-state index in [1.165, 1.54) is 6.20 Å². The normalized spacial score (nSPS) is 15.6. The minimum atomic E-state index is -1.13. The minimum Gasteiger partial charge on any atom is -0.462 e. The van der Waals surface area contributed by atoms with Gasteiger partial charge < -0.3 is 9.57 Å². The van der Waals surface area contributed by atoms with Gasteiger partial charge in [-0.3, -0.25) is 14.3 Å². The highest BCUT2D eigenvalue weighted by atomic mass is 32.2. The number of esters is 1. The molecule has 1 aliphatic rings. The lowest BCUT2D eigenvalue weighted by Crippen LogP contribution is -2.25. The van der Waals surface area contributed by atoms with Crippen molar-refractivity contribution in [3.63, 3.8) is 0 Å². The van der Waals surface area contributed by atoms with Gasteiger partial charge in [0.05, 0.1) is 12.8 Å². The van der Waals surface area contributed by atoms with Crippen molar-refractivity contribution >= 4 is 44.9 Å². The molecular weight excluding hydrogens is 426 g/mol. The molecule has 0 saturated heterocycles. The molecule has 30 heavy (non-hydrogen) atoms. The number of ether oxygens (including phenoxy) is 1. The number of nitrogens with zero attached hydrogens (tertiary/aromatic N) is 2. The van der Waals surface area contributed by atoms with Gasteiger partial charge in [0.1, 0.15) is 11.0 Å². The van der Waals surface area contributed by atoms with Gasteiger partial charge in [0.2, 0.25) is 0 Å². The van der Waals surface area contributed by atoms with Crippen LogP contribution in [0.5, 0.6) is 0 Å². The Bertz CT molecular complexity index is 950. The lowest BCUT2D eigenvalue weighted by Gasteiger charge is -2.10. The maximum absolute atomic E-state index is 12.9. The van der Waals surface area contributed by atoms with Gasteiger partial charge in [-0.25, -0.2) is 9.78 Å². The summed E-state index contributed by atoms with van der Waals surface area (Å²) in [4.78, 5) is 35.3. The van der Waals surface area contributed by atoms with Crippen molar-refractivity contribution in [2.24, 2.45) is 5.16 Å². The van der Waals surface area contributed by atoms with E-state index in [4.69, 9.17) is 9.57 Å². The number of aromatic nitrogens is 1. The smallest absolute Gasteiger partial charge is 0.350 e. The molecule has 0 aliphatic heterocycles. The zero-order chi connectivity index (χ0) is 21.5. The SMILES string of the molecule is CCOC(=O)c1cnc(NC(=O)/C(=N/OC2CCCC2)c2ccc(S(C)=O)cc2)s1. The summed E-state index contributed by atoms with van der Waals surface area (Å²) in [6.45, 7) is 1.97. The average Bonchev–Trinajstić information content (AvgIpc) is 3.41. The first-order valence-electron chi connectivity index (χ1n) is 9.60. The number of hydrogen-bond acceptors (Lipinski definition) is 8. The Morgan fingerprint density at radius 2 is 1.97 bits per heavy atom. The third kappa shape index (κ3) is 5.73. The Kier molecular flexibility index (Phi) is 7.69. The Hall–Kier alpha value is -2.59. The van der Waals surface area contributed by atoms with E-state index in [2.05, 4.69) is 15.5 Å². The number of carbonyl (C=O) groups is 2. The van der Waals surface area contributed by atoms with E-state index < -0.39 is 22.7 Å². The Labute approximate surface area is 181 Å². The zero-order valence-corrected chi connectivity index (χ0v) is 18.4. The van der Waals surface area contributed by atoms with Crippen LogP contribution in [0.15, 0.2) is 40.5 Å². The summed E-state index contributed by atoms with van der Waals surface area (Å²) in [7, 11) is -1.13. The van der Waals surface area contributed by atoms with Crippen LogP contribution < -0.4 is 5.32 Å². The first-order chi connectivity index (χ1) is 14.5. The van der Waals surface area contributed by atoms with Crippen LogP contribution in [-0.2, 0) is 25.2 Å². The Morgan fingerprint density at radius 1 is 1.27 bits per heavy atom. The van der Waals surface area contributed by atoms with Crippen LogP contribution in [0.4, 0.5) is 5.13 Å². The van der Waals surface area contributed by atoms with Gasteiger partial charge >= 0.3 is 5.97 Å².